The fraction of sp³-hybridized carbons (Fsp3) is 0.364. The number of rotatable bonds is 2. The van der Waals surface area contributed by atoms with Gasteiger partial charge in [-0.05, 0) is 53.5 Å². The molecule has 15 heavy (non-hydrogen) atoms. The van der Waals surface area contributed by atoms with Crippen LogP contribution < -0.4 is 5.73 Å². The zero-order chi connectivity index (χ0) is 11.0. The minimum atomic E-state index is 0.662. The Kier molecular flexibility index (Phi) is 3.09. The second kappa shape index (κ2) is 4.20. The Hall–Kier alpha value is -0.450. The monoisotopic (exact) mass is 284 g/mol. The molecule has 0 spiro atoms. The Labute approximate surface area is 102 Å². The average molecular weight is 285 g/mol. The summed E-state index contributed by atoms with van der Waals surface area (Å²) < 4.78 is 2.37. The summed E-state index contributed by atoms with van der Waals surface area (Å²) >= 11 is 5.31. The molecule has 2 aromatic rings. The number of benzene rings is 1. The van der Waals surface area contributed by atoms with Crippen LogP contribution in [-0.2, 0) is 6.42 Å². The van der Waals surface area contributed by atoms with Crippen molar-refractivity contribution >= 4 is 37.5 Å². The predicted octanol–water partition coefficient (Wildman–Crippen LogP) is 3.18. The van der Waals surface area contributed by atoms with Crippen molar-refractivity contribution in [2.75, 3.05) is 6.54 Å². The zero-order valence-corrected chi connectivity index (χ0v) is 11.2. The van der Waals surface area contributed by atoms with E-state index in [2.05, 4.69) is 40.8 Å². The molecule has 80 valence electrons. The Morgan fingerprint density at radius 1 is 1.47 bits per heavy atom. The van der Waals surface area contributed by atoms with E-state index in [-0.39, 0.29) is 0 Å². The van der Waals surface area contributed by atoms with E-state index >= 15 is 0 Å². The molecular weight excluding hydrogens is 272 g/mol. The van der Waals surface area contributed by atoms with Crippen LogP contribution in [0.5, 0.6) is 0 Å². The number of nitrogens with two attached hydrogens (primary N) is 1. The Balaban J connectivity index is 2.68. The van der Waals surface area contributed by atoms with Crippen LogP contribution in [0.15, 0.2) is 10.5 Å². The minimum absolute atomic E-state index is 0.662. The summed E-state index contributed by atoms with van der Waals surface area (Å²) in [5.41, 5.74) is 9.25. The summed E-state index contributed by atoms with van der Waals surface area (Å²) in [5.74, 6) is 0. The van der Waals surface area contributed by atoms with Crippen LogP contribution >= 0.6 is 27.3 Å². The lowest BCUT2D eigenvalue weighted by molar-refractivity contribution is 0.957. The van der Waals surface area contributed by atoms with Crippen molar-refractivity contribution in [3.05, 3.63) is 26.7 Å². The maximum atomic E-state index is 5.54. The maximum Gasteiger partial charge on any atom is 0.0960 e. The lowest BCUT2D eigenvalue weighted by Gasteiger charge is -2.01. The molecule has 2 rings (SSSR count). The van der Waals surface area contributed by atoms with Crippen LogP contribution in [0.25, 0.3) is 10.2 Å². The van der Waals surface area contributed by atoms with E-state index in [1.165, 1.54) is 15.8 Å². The Morgan fingerprint density at radius 3 is 2.87 bits per heavy atom. The van der Waals surface area contributed by atoms with Gasteiger partial charge in [-0.15, -0.1) is 11.3 Å². The van der Waals surface area contributed by atoms with E-state index in [0.29, 0.717) is 6.54 Å². The molecule has 1 aromatic heterocycles. The van der Waals surface area contributed by atoms with Crippen LogP contribution in [0.4, 0.5) is 0 Å². The first kappa shape index (κ1) is 11.0. The van der Waals surface area contributed by atoms with Crippen molar-refractivity contribution in [3.8, 4) is 0 Å². The van der Waals surface area contributed by atoms with Crippen molar-refractivity contribution in [3.63, 3.8) is 0 Å². The van der Waals surface area contributed by atoms with Gasteiger partial charge in [-0.2, -0.15) is 0 Å². The highest BCUT2D eigenvalue weighted by molar-refractivity contribution is 9.10. The van der Waals surface area contributed by atoms with Gasteiger partial charge in [-0.25, -0.2) is 4.98 Å². The largest absolute Gasteiger partial charge is 0.330 e. The molecular formula is C11H13BrN2S. The van der Waals surface area contributed by atoms with E-state index in [1.807, 2.05) is 0 Å². The molecule has 0 saturated carbocycles. The molecule has 0 saturated heterocycles. The highest BCUT2D eigenvalue weighted by atomic mass is 79.9. The van der Waals surface area contributed by atoms with E-state index in [1.54, 1.807) is 11.3 Å². The van der Waals surface area contributed by atoms with Crippen molar-refractivity contribution in [1.82, 2.24) is 4.98 Å². The molecule has 0 aliphatic carbocycles. The molecule has 0 unspecified atom stereocenters. The zero-order valence-electron chi connectivity index (χ0n) is 8.80. The minimum Gasteiger partial charge on any atom is -0.330 e. The standard InChI is InChI=1S/C11H13BrN2S/c1-6-5-8(12)10-11(7(6)2)15-9(14-10)3-4-13/h5H,3-4,13H2,1-2H3. The van der Waals surface area contributed by atoms with Gasteiger partial charge in [-0.1, -0.05) is 0 Å². The van der Waals surface area contributed by atoms with Gasteiger partial charge < -0.3 is 5.73 Å². The van der Waals surface area contributed by atoms with Crippen LogP contribution in [0.2, 0.25) is 0 Å². The summed E-state index contributed by atoms with van der Waals surface area (Å²) in [7, 11) is 0. The number of thiazole rings is 1. The van der Waals surface area contributed by atoms with Gasteiger partial charge in [0.25, 0.3) is 0 Å². The molecule has 0 bridgehead atoms. The first-order valence-electron chi connectivity index (χ1n) is 4.88. The van der Waals surface area contributed by atoms with Gasteiger partial charge in [0.05, 0.1) is 15.2 Å². The molecule has 0 atom stereocenters. The summed E-state index contributed by atoms with van der Waals surface area (Å²) in [5, 5.41) is 1.13. The summed E-state index contributed by atoms with van der Waals surface area (Å²) in [6.07, 6.45) is 0.865. The summed E-state index contributed by atoms with van der Waals surface area (Å²) in [4.78, 5) is 4.60. The molecule has 0 radical (unpaired) electrons. The van der Waals surface area contributed by atoms with Crippen LogP contribution in [0.3, 0.4) is 0 Å². The first-order valence-corrected chi connectivity index (χ1v) is 6.49. The summed E-state index contributed by atoms with van der Waals surface area (Å²) in [6, 6.07) is 2.13. The smallest absolute Gasteiger partial charge is 0.0960 e. The van der Waals surface area contributed by atoms with Gasteiger partial charge in [-0.3, -0.25) is 0 Å². The van der Waals surface area contributed by atoms with E-state index in [4.69, 9.17) is 5.73 Å². The molecule has 1 heterocycles. The number of nitrogens with zero attached hydrogens (tertiary/aromatic N) is 1. The van der Waals surface area contributed by atoms with Crippen LogP contribution in [-0.4, -0.2) is 11.5 Å². The lowest BCUT2D eigenvalue weighted by atomic mass is 10.1. The third-order valence-corrected chi connectivity index (χ3v) is 4.37. The molecule has 0 amide bonds. The number of halogens is 1. The third-order valence-electron chi connectivity index (χ3n) is 2.53. The Bertz CT molecular complexity index is 505. The number of aryl methyl sites for hydroxylation is 2. The molecule has 2 N–H and O–H groups in total. The second-order valence-corrected chi connectivity index (χ2v) is 5.56. The van der Waals surface area contributed by atoms with Crippen LogP contribution in [0, 0.1) is 13.8 Å². The van der Waals surface area contributed by atoms with Gasteiger partial charge >= 0.3 is 0 Å². The van der Waals surface area contributed by atoms with Crippen molar-refractivity contribution in [2.24, 2.45) is 5.73 Å². The van der Waals surface area contributed by atoms with Gasteiger partial charge in [0, 0.05) is 10.9 Å². The first-order chi connectivity index (χ1) is 7.13. The van der Waals surface area contributed by atoms with E-state index in [9.17, 15) is 0 Å². The van der Waals surface area contributed by atoms with Gasteiger partial charge in [0.1, 0.15) is 0 Å². The summed E-state index contributed by atoms with van der Waals surface area (Å²) in [6.45, 7) is 4.94. The quantitative estimate of drug-likeness (QED) is 0.920. The van der Waals surface area contributed by atoms with Gasteiger partial charge in [0.15, 0.2) is 0 Å². The highest BCUT2D eigenvalue weighted by Gasteiger charge is 2.10. The normalized spacial score (nSPS) is 11.2. The third kappa shape index (κ3) is 1.94. The fourth-order valence-electron chi connectivity index (χ4n) is 1.56. The Morgan fingerprint density at radius 2 is 2.20 bits per heavy atom. The number of hydrogen-bond donors (Lipinski definition) is 1. The van der Waals surface area contributed by atoms with Crippen molar-refractivity contribution < 1.29 is 0 Å². The molecule has 2 nitrogen and oxygen atoms in total. The predicted molar refractivity (Wildman–Crippen MR) is 69.6 cm³/mol. The molecule has 4 heteroatoms. The van der Waals surface area contributed by atoms with Crippen molar-refractivity contribution in [1.29, 1.82) is 0 Å². The molecule has 0 fully saturated rings. The second-order valence-electron chi connectivity index (χ2n) is 3.62. The lowest BCUT2D eigenvalue weighted by Crippen LogP contribution is -2.01. The maximum absolute atomic E-state index is 5.54. The average Bonchev–Trinajstić information content (AvgIpc) is 2.60. The molecule has 1 aromatic carbocycles. The van der Waals surface area contributed by atoms with Gasteiger partial charge in [0.2, 0.25) is 0 Å². The van der Waals surface area contributed by atoms with E-state index in [0.717, 1.165) is 21.4 Å². The van der Waals surface area contributed by atoms with Crippen LogP contribution in [0.1, 0.15) is 16.1 Å². The fourth-order valence-corrected chi connectivity index (χ4v) is 3.48. The van der Waals surface area contributed by atoms with E-state index < -0.39 is 0 Å². The number of aromatic nitrogens is 1. The molecule has 0 aliphatic rings. The molecule has 0 aliphatic heterocycles. The highest BCUT2D eigenvalue weighted by Crippen LogP contribution is 2.33. The van der Waals surface area contributed by atoms with Crippen molar-refractivity contribution in [2.45, 2.75) is 20.3 Å². The number of hydrogen-bond acceptors (Lipinski definition) is 3. The topological polar surface area (TPSA) is 38.9 Å². The number of fused-ring (bicyclic) bond motifs is 1. The SMILES string of the molecule is Cc1cc(Br)c2nc(CCN)sc2c1C.